The maximum Gasteiger partial charge on any atom is 0.117 e. The number of hydrogen-bond acceptors (Lipinski definition) is 4. The van der Waals surface area contributed by atoms with Gasteiger partial charge in [0.1, 0.15) is 11.5 Å². The van der Waals surface area contributed by atoms with Crippen LogP contribution in [0.4, 0.5) is 0 Å². The molecule has 2 heterocycles. The summed E-state index contributed by atoms with van der Waals surface area (Å²) >= 11 is 0. The van der Waals surface area contributed by atoms with Gasteiger partial charge in [0, 0.05) is 38.6 Å². The summed E-state index contributed by atoms with van der Waals surface area (Å²) in [7, 11) is 2.21. The predicted molar refractivity (Wildman–Crippen MR) is 90.0 cm³/mol. The molecule has 3 atom stereocenters. The molecule has 0 amide bonds. The molecule has 4 heteroatoms. The Kier molecular flexibility index (Phi) is 5.21. The monoisotopic (exact) mass is 305 g/mol. The van der Waals surface area contributed by atoms with Crippen molar-refractivity contribution in [1.29, 1.82) is 0 Å². The van der Waals surface area contributed by atoms with Gasteiger partial charge in [-0.15, -0.1) is 0 Å². The quantitative estimate of drug-likeness (QED) is 0.838. The molecule has 1 N–H and O–H groups in total. The normalized spacial score (nSPS) is 28.0. The maximum absolute atomic E-state index is 5.94. The Balaban J connectivity index is 1.33. The molecule has 1 saturated heterocycles. The molecule has 22 heavy (non-hydrogen) atoms. The minimum atomic E-state index is 0.682. The van der Waals surface area contributed by atoms with E-state index in [1.54, 1.807) is 0 Å². The van der Waals surface area contributed by atoms with Crippen molar-refractivity contribution in [3.8, 4) is 0 Å². The molecule has 0 bridgehead atoms. The lowest BCUT2D eigenvalue weighted by Gasteiger charge is -2.33. The first-order valence-corrected chi connectivity index (χ1v) is 8.82. The lowest BCUT2D eigenvalue weighted by atomic mass is 10.1. The minimum absolute atomic E-state index is 0.682. The summed E-state index contributed by atoms with van der Waals surface area (Å²) in [5, 5.41) is 3.55. The van der Waals surface area contributed by atoms with Crippen molar-refractivity contribution in [2.24, 2.45) is 11.8 Å². The zero-order chi connectivity index (χ0) is 15.5. The third-order valence-corrected chi connectivity index (χ3v) is 5.12. The van der Waals surface area contributed by atoms with Crippen molar-refractivity contribution in [2.45, 2.75) is 32.7 Å². The molecule has 4 nitrogen and oxygen atoms in total. The molecule has 0 radical (unpaired) electrons. The Hall–Kier alpha value is -0.840. The zero-order valence-electron chi connectivity index (χ0n) is 14.3. The van der Waals surface area contributed by atoms with Crippen molar-refractivity contribution in [3.63, 3.8) is 0 Å². The molecule has 1 aromatic rings. The minimum Gasteiger partial charge on any atom is -0.464 e. The van der Waals surface area contributed by atoms with E-state index in [0.29, 0.717) is 11.8 Å². The van der Waals surface area contributed by atoms with E-state index in [2.05, 4.69) is 48.1 Å². The van der Waals surface area contributed by atoms with E-state index in [0.717, 1.165) is 24.8 Å². The van der Waals surface area contributed by atoms with Crippen LogP contribution in [0.1, 0.15) is 37.7 Å². The van der Waals surface area contributed by atoms with E-state index in [1.807, 2.05) is 0 Å². The third-order valence-electron chi connectivity index (χ3n) is 5.12. The van der Waals surface area contributed by atoms with Crippen molar-refractivity contribution in [3.05, 3.63) is 23.7 Å². The fourth-order valence-corrected chi connectivity index (χ4v) is 3.38. The van der Waals surface area contributed by atoms with Crippen LogP contribution in [0.3, 0.4) is 0 Å². The largest absolute Gasteiger partial charge is 0.464 e. The Morgan fingerprint density at radius 2 is 2.00 bits per heavy atom. The van der Waals surface area contributed by atoms with Gasteiger partial charge in [-0.25, -0.2) is 0 Å². The van der Waals surface area contributed by atoms with Gasteiger partial charge in [-0.2, -0.15) is 0 Å². The highest BCUT2D eigenvalue weighted by atomic mass is 16.3. The fourth-order valence-electron chi connectivity index (χ4n) is 3.38. The molecule has 1 aliphatic heterocycles. The molecule has 0 spiro atoms. The van der Waals surface area contributed by atoms with Gasteiger partial charge >= 0.3 is 0 Å². The van der Waals surface area contributed by atoms with Crippen LogP contribution in [0.5, 0.6) is 0 Å². The molecule has 1 aromatic heterocycles. The molecule has 2 fully saturated rings. The van der Waals surface area contributed by atoms with E-state index < -0.39 is 0 Å². The fraction of sp³-hybridized carbons (Fsp3) is 0.778. The van der Waals surface area contributed by atoms with Crippen LogP contribution in [-0.4, -0.2) is 56.1 Å². The second kappa shape index (κ2) is 7.16. The molecular weight excluding hydrogens is 274 g/mol. The highest BCUT2D eigenvalue weighted by Crippen LogP contribution is 2.47. The standard InChI is InChI=1S/C18H31N3O/c1-14(13-21-8-6-20(3)7-9-21)11-19-12-16-4-5-18(22-16)17-10-15(17)2/h4-5,14-15,17,19H,6-13H2,1-3H3. The molecule has 1 saturated carbocycles. The Labute approximate surface area is 134 Å². The molecule has 3 unspecified atom stereocenters. The lowest BCUT2D eigenvalue weighted by molar-refractivity contribution is 0.138. The van der Waals surface area contributed by atoms with E-state index in [4.69, 9.17) is 4.42 Å². The van der Waals surface area contributed by atoms with Gasteiger partial charge in [-0.05, 0) is 44.0 Å². The van der Waals surface area contributed by atoms with Crippen LogP contribution in [-0.2, 0) is 6.54 Å². The summed E-state index contributed by atoms with van der Waals surface area (Å²) in [6.07, 6.45) is 1.29. The summed E-state index contributed by atoms with van der Waals surface area (Å²) < 4.78 is 5.94. The first-order valence-electron chi connectivity index (χ1n) is 8.82. The van der Waals surface area contributed by atoms with Crippen LogP contribution < -0.4 is 5.32 Å². The molecular formula is C18H31N3O. The third kappa shape index (κ3) is 4.34. The van der Waals surface area contributed by atoms with Gasteiger partial charge < -0.3 is 19.5 Å². The van der Waals surface area contributed by atoms with Crippen LogP contribution in [0.25, 0.3) is 0 Å². The summed E-state index contributed by atoms with van der Waals surface area (Å²) in [4.78, 5) is 5.00. The van der Waals surface area contributed by atoms with E-state index in [1.165, 1.54) is 44.9 Å². The van der Waals surface area contributed by atoms with Gasteiger partial charge in [-0.1, -0.05) is 13.8 Å². The second-order valence-corrected chi connectivity index (χ2v) is 7.46. The number of hydrogen-bond donors (Lipinski definition) is 1. The summed E-state index contributed by atoms with van der Waals surface area (Å²) in [6.45, 7) is 12.6. The van der Waals surface area contributed by atoms with E-state index in [9.17, 15) is 0 Å². The topological polar surface area (TPSA) is 31.7 Å². The summed E-state index contributed by atoms with van der Waals surface area (Å²) in [5.74, 6) is 4.46. The number of piperazine rings is 1. The number of furan rings is 1. The first kappa shape index (κ1) is 16.0. The number of nitrogens with one attached hydrogen (secondary N) is 1. The van der Waals surface area contributed by atoms with Crippen LogP contribution in [0, 0.1) is 11.8 Å². The number of nitrogens with zero attached hydrogens (tertiary/aromatic N) is 2. The van der Waals surface area contributed by atoms with Gasteiger partial charge in [0.15, 0.2) is 0 Å². The van der Waals surface area contributed by atoms with Gasteiger partial charge in [-0.3, -0.25) is 0 Å². The highest BCUT2D eigenvalue weighted by Gasteiger charge is 2.36. The smallest absolute Gasteiger partial charge is 0.117 e. The van der Waals surface area contributed by atoms with E-state index in [-0.39, 0.29) is 0 Å². The molecule has 1 aliphatic carbocycles. The highest BCUT2D eigenvalue weighted by molar-refractivity contribution is 5.17. The predicted octanol–water partition coefficient (Wildman–Crippen LogP) is 2.38. The SMILES string of the molecule is CC(CNCc1ccc(C2CC2C)o1)CN1CCN(C)CC1. The van der Waals surface area contributed by atoms with E-state index >= 15 is 0 Å². The van der Waals surface area contributed by atoms with Gasteiger partial charge in [0.05, 0.1) is 6.54 Å². The first-order chi connectivity index (χ1) is 10.6. The van der Waals surface area contributed by atoms with Crippen molar-refractivity contribution < 1.29 is 4.42 Å². The van der Waals surface area contributed by atoms with Crippen molar-refractivity contribution in [1.82, 2.24) is 15.1 Å². The lowest BCUT2D eigenvalue weighted by Crippen LogP contribution is -2.46. The maximum atomic E-state index is 5.94. The molecule has 0 aromatic carbocycles. The van der Waals surface area contributed by atoms with Crippen LogP contribution in [0.2, 0.25) is 0 Å². The number of rotatable bonds is 7. The Morgan fingerprint density at radius 1 is 1.27 bits per heavy atom. The molecule has 2 aliphatic rings. The molecule has 124 valence electrons. The van der Waals surface area contributed by atoms with Crippen LogP contribution >= 0.6 is 0 Å². The summed E-state index contributed by atoms with van der Waals surface area (Å²) in [5.41, 5.74) is 0. The molecule has 3 rings (SSSR count). The summed E-state index contributed by atoms with van der Waals surface area (Å²) in [6, 6.07) is 4.30. The van der Waals surface area contributed by atoms with Gasteiger partial charge in [0.25, 0.3) is 0 Å². The Bertz CT molecular complexity index is 465. The second-order valence-electron chi connectivity index (χ2n) is 7.46. The van der Waals surface area contributed by atoms with Crippen LogP contribution in [0.15, 0.2) is 16.5 Å². The Morgan fingerprint density at radius 3 is 2.68 bits per heavy atom. The van der Waals surface area contributed by atoms with Gasteiger partial charge in [0.2, 0.25) is 0 Å². The van der Waals surface area contributed by atoms with Crippen molar-refractivity contribution in [2.75, 3.05) is 46.3 Å². The number of likely N-dealkylation sites (N-methyl/N-ethyl adjacent to an activating group) is 1. The zero-order valence-corrected chi connectivity index (χ0v) is 14.3. The average molecular weight is 305 g/mol. The van der Waals surface area contributed by atoms with Crippen molar-refractivity contribution >= 4 is 0 Å². The average Bonchev–Trinajstić information content (AvgIpc) is 3.04.